The van der Waals surface area contributed by atoms with E-state index in [9.17, 15) is 4.79 Å². The predicted molar refractivity (Wildman–Crippen MR) is 76.3 cm³/mol. The molecule has 0 atom stereocenters. The SMILES string of the molecule is O=C(NCCCCCO)C1(c2cccc(Cl)c2)CC1. The Morgan fingerprint density at radius 1 is 1.32 bits per heavy atom. The molecule has 0 saturated heterocycles. The van der Waals surface area contributed by atoms with Gasteiger partial charge in [-0.05, 0) is 49.8 Å². The van der Waals surface area contributed by atoms with Crippen LogP contribution < -0.4 is 5.32 Å². The van der Waals surface area contributed by atoms with Gasteiger partial charge in [-0.3, -0.25) is 4.79 Å². The second kappa shape index (κ2) is 6.40. The lowest BCUT2D eigenvalue weighted by Gasteiger charge is -2.16. The Labute approximate surface area is 119 Å². The number of carbonyl (C=O) groups is 1. The zero-order valence-corrected chi connectivity index (χ0v) is 11.7. The number of carbonyl (C=O) groups excluding carboxylic acids is 1. The van der Waals surface area contributed by atoms with Gasteiger partial charge in [-0.25, -0.2) is 0 Å². The van der Waals surface area contributed by atoms with Gasteiger partial charge >= 0.3 is 0 Å². The molecular formula is C15H20ClNO2. The summed E-state index contributed by atoms with van der Waals surface area (Å²) in [6.07, 6.45) is 4.46. The van der Waals surface area contributed by atoms with Crippen molar-refractivity contribution in [1.82, 2.24) is 5.32 Å². The highest BCUT2D eigenvalue weighted by atomic mass is 35.5. The van der Waals surface area contributed by atoms with Gasteiger partial charge in [0.15, 0.2) is 0 Å². The van der Waals surface area contributed by atoms with Crippen LogP contribution in [-0.2, 0) is 10.2 Å². The first-order valence-electron chi connectivity index (χ1n) is 6.84. The number of benzene rings is 1. The van der Waals surface area contributed by atoms with E-state index in [0.717, 1.165) is 37.7 Å². The van der Waals surface area contributed by atoms with Gasteiger partial charge in [-0.2, -0.15) is 0 Å². The minimum atomic E-state index is -0.345. The Hall–Kier alpha value is -1.06. The van der Waals surface area contributed by atoms with E-state index < -0.39 is 0 Å². The standard InChI is InChI=1S/C15H20ClNO2/c16-13-6-4-5-12(11-13)15(7-8-15)14(19)17-9-2-1-3-10-18/h4-6,11,18H,1-3,7-10H2,(H,17,19). The lowest BCUT2D eigenvalue weighted by Crippen LogP contribution is -2.35. The number of rotatable bonds is 7. The maximum Gasteiger partial charge on any atom is 0.230 e. The molecule has 1 aliphatic rings. The van der Waals surface area contributed by atoms with Gasteiger partial charge in [0.2, 0.25) is 5.91 Å². The summed E-state index contributed by atoms with van der Waals surface area (Å²) in [5.74, 6) is 0.110. The highest BCUT2D eigenvalue weighted by molar-refractivity contribution is 6.30. The summed E-state index contributed by atoms with van der Waals surface area (Å²) in [6.45, 7) is 0.904. The number of unbranched alkanes of at least 4 members (excludes halogenated alkanes) is 2. The molecule has 0 spiro atoms. The summed E-state index contributed by atoms with van der Waals surface area (Å²) >= 11 is 5.99. The third kappa shape index (κ3) is 3.48. The van der Waals surface area contributed by atoms with Gasteiger partial charge in [0.25, 0.3) is 0 Å². The zero-order chi connectivity index (χ0) is 13.7. The second-order valence-electron chi connectivity index (χ2n) is 5.13. The number of halogens is 1. The van der Waals surface area contributed by atoms with Crippen molar-refractivity contribution in [2.75, 3.05) is 13.2 Å². The quantitative estimate of drug-likeness (QED) is 0.755. The van der Waals surface area contributed by atoms with Gasteiger partial charge in [0, 0.05) is 18.2 Å². The monoisotopic (exact) mass is 281 g/mol. The van der Waals surface area contributed by atoms with Crippen LogP contribution in [0, 0.1) is 0 Å². The van der Waals surface area contributed by atoms with Crippen LogP contribution >= 0.6 is 11.6 Å². The first-order valence-corrected chi connectivity index (χ1v) is 7.22. The number of hydrogen-bond acceptors (Lipinski definition) is 2. The fourth-order valence-electron chi connectivity index (χ4n) is 2.34. The first-order chi connectivity index (χ1) is 9.19. The Balaban J connectivity index is 1.88. The number of aliphatic hydroxyl groups excluding tert-OH is 1. The molecule has 104 valence electrons. The summed E-state index contributed by atoms with van der Waals surface area (Å²) in [5.41, 5.74) is 0.676. The van der Waals surface area contributed by atoms with E-state index >= 15 is 0 Å². The summed E-state index contributed by atoms with van der Waals surface area (Å²) in [4.78, 5) is 12.3. The molecule has 1 aromatic rings. The van der Waals surface area contributed by atoms with Crippen molar-refractivity contribution < 1.29 is 9.90 Å². The number of aliphatic hydroxyl groups is 1. The molecule has 1 saturated carbocycles. The van der Waals surface area contributed by atoms with Crippen molar-refractivity contribution >= 4 is 17.5 Å². The van der Waals surface area contributed by atoms with E-state index in [0.29, 0.717) is 11.6 Å². The van der Waals surface area contributed by atoms with Gasteiger partial charge < -0.3 is 10.4 Å². The predicted octanol–water partition coefficient (Wildman–Crippen LogP) is 2.65. The van der Waals surface area contributed by atoms with E-state index in [1.54, 1.807) is 0 Å². The fourth-order valence-corrected chi connectivity index (χ4v) is 2.53. The Kier molecular flexibility index (Phi) is 4.83. The van der Waals surface area contributed by atoms with Crippen LogP contribution in [0.15, 0.2) is 24.3 Å². The molecule has 3 nitrogen and oxygen atoms in total. The van der Waals surface area contributed by atoms with E-state index in [4.69, 9.17) is 16.7 Å². The van der Waals surface area contributed by atoms with Crippen molar-refractivity contribution in [1.29, 1.82) is 0 Å². The van der Waals surface area contributed by atoms with E-state index in [1.807, 2.05) is 24.3 Å². The van der Waals surface area contributed by atoms with Crippen LogP contribution in [0.4, 0.5) is 0 Å². The Morgan fingerprint density at radius 3 is 2.74 bits per heavy atom. The van der Waals surface area contributed by atoms with Crippen LogP contribution in [0.5, 0.6) is 0 Å². The van der Waals surface area contributed by atoms with Gasteiger partial charge in [0.1, 0.15) is 0 Å². The summed E-state index contributed by atoms with van der Waals surface area (Å²) < 4.78 is 0. The highest BCUT2D eigenvalue weighted by Crippen LogP contribution is 2.48. The topological polar surface area (TPSA) is 49.3 Å². The van der Waals surface area contributed by atoms with Crippen molar-refractivity contribution in [3.05, 3.63) is 34.9 Å². The van der Waals surface area contributed by atoms with Crippen molar-refractivity contribution in [3.8, 4) is 0 Å². The molecule has 0 unspecified atom stereocenters. The minimum absolute atomic E-state index is 0.110. The van der Waals surface area contributed by atoms with E-state index in [2.05, 4.69) is 5.32 Å². The Morgan fingerprint density at radius 2 is 2.11 bits per heavy atom. The third-order valence-electron chi connectivity index (χ3n) is 3.68. The molecule has 19 heavy (non-hydrogen) atoms. The maximum atomic E-state index is 12.3. The van der Waals surface area contributed by atoms with Gasteiger partial charge in [0.05, 0.1) is 5.41 Å². The molecule has 0 aliphatic heterocycles. The number of amides is 1. The number of nitrogens with one attached hydrogen (secondary N) is 1. The van der Waals surface area contributed by atoms with E-state index in [-0.39, 0.29) is 17.9 Å². The summed E-state index contributed by atoms with van der Waals surface area (Å²) in [6, 6.07) is 7.59. The average molecular weight is 282 g/mol. The summed E-state index contributed by atoms with van der Waals surface area (Å²) in [5, 5.41) is 12.4. The van der Waals surface area contributed by atoms with Crippen molar-refractivity contribution in [2.24, 2.45) is 0 Å². The summed E-state index contributed by atoms with van der Waals surface area (Å²) in [7, 11) is 0. The zero-order valence-electron chi connectivity index (χ0n) is 11.0. The van der Waals surface area contributed by atoms with Crippen LogP contribution in [0.3, 0.4) is 0 Å². The molecule has 1 aliphatic carbocycles. The molecule has 0 aromatic heterocycles. The molecule has 2 rings (SSSR count). The molecule has 1 amide bonds. The fraction of sp³-hybridized carbons (Fsp3) is 0.533. The normalized spacial score (nSPS) is 16.1. The lowest BCUT2D eigenvalue weighted by molar-refractivity contribution is -0.123. The van der Waals surface area contributed by atoms with Crippen LogP contribution in [0.1, 0.15) is 37.7 Å². The molecule has 1 fully saturated rings. The van der Waals surface area contributed by atoms with Crippen molar-refractivity contribution in [2.45, 2.75) is 37.5 Å². The average Bonchev–Trinajstić information content (AvgIpc) is 3.20. The van der Waals surface area contributed by atoms with Gasteiger partial charge in [-0.15, -0.1) is 0 Å². The first kappa shape index (κ1) is 14.4. The molecular weight excluding hydrogens is 262 g/mol. The van der Waals surface area contributed by atoms with E-state index in [1.165, 1.54) is 0 Å². The molecule has 1 aromatic carbocycles. The smallest absolute Gasteiger partial charge is 0.230 e. The Bertz CT molecular complexity index is 444. The largest absolute Gasteiger partial charge is 0.396 e. The van der Waals surface area contributed by atoms with Gasteiger partial charge in [-0.1, -0.05) is 23.7 Å². The van der Waals surface area contributed by atoms with Crippen LogP contribution in [0.2, 0.25) is 5.02 Å². The third-order valence-corrected chi connectivity index (χ3v) is 3.92. The molecule has 0 bridgehead atoms. The maximum absolute atomic E-state index is 12.3. The minimum Gasteiger partial charge on any atom is -0.396 e. The molecule has 0 heterocycles. The number of hydrogen-bond donors (Lipinski definition) is 2. The molecule has 0 radical (unpaired) electrons. The van der Waals surface area contributed by atoms with Crippen LogP contribution in [0.25, 0.3) is 0 Å². The molecule has 4 heteroatoms. The molecule has 2 N–H and O–H groups in total. The highest BCUT2D eigenvalue weighted by Gasteiger charge is 2.51. The van der Waals surface area contributed by atoms with Crippen molar-refractivity contribution in [3.63, 3.8) is 0 Å². The second-order valence-corrected chi connectivity index (χ2v) is 5.57. The van der Waals surface area contributed by atoms with Crippen LogP contribution in [-0.4, -0.2) is 24.2 Å². The lowest BCUT2D eigenvalue weighted by atomic mass is 9.95.